The molecule has 1 aromatic carbocycles. The van der Waals surface area contributed by atoms with Crippen molar-refractivity contribution < 1.29 is 4.79 Å². The highest BCUT2D eigenvalue weighted by Gasteiger charge is 2.13. The first kappa shape index (κ1) is 11.3. The normalized spacial score (nSPS) is 10.6. The molecule has 0 saturated heterocycles. The van der Waals surface area contributed by atoms with Crippen molar-refractivity contribution in [2.24, 2.45) is 5.73 Å². The van der Waals surface area contributed by atoms with Gasteiger partial charge < -0.3 is 5.73 Å². The van der Waals surface area contributed by atoms with Crippen molar-refractivity contribution in [2.45, 2.75) is 19.9 Å². The second-order valence-electron chi connectivity index (χ2n) is 3.79. The Kier molecular flexibility index (Phi) is 2.91. The molecule has 0 unspecified atom stereocenters. The van der Waals surface area contributed by atoms with Crippen molar-refractivity contribution in [3.05, 3.63) is 40.3 Å². The predicted molar refractivity (Wildman–Crippen MR) is 64.8 cm³/mol. The van der Waals surface area contributed by atoms with Crippen LogP contribution in [0.1, 0.15) is 23.8 Å². The molecule has 0 atom stereocenters. The predicted octanol–water partition coefficient (Wildman–Crippen LogP) is 0.905. The van der Waals surface area contributed by atoms with Crippen molar-refractivity contribution in [2.75, 3.05) is 0 Å². The number of carbonyl (C=O) groups is 1. The van der Waals surface area contributed by atoms with Crippen molar-refractivity contribution in [1.82, 2.24) is 9.78 Å². The van der Waals surface area contributed by atoms with Gasteiger partial charge in [0.1, 0.15) is 0 Å². The zero-order valence-electron chi connectivity index (χ0n) is 9.51. The van der Waals surface area contributed by atoms with E-state index in [0.29, 0.717) is 17.3 Å². The molecule has 0 aliphatic carbocycles. The van der Waals surface area contributed by atoms with E-state index in [1.807, 2.05) is 6.92 Å². The Labute approximate surface area is 97.9 Å². The molecule has 2 aromatic rings. The number of rotatable bonds is 3. The summed E-state index contributed by atoms with van der Waals surface area (Å²) in [4.78, 5) is 23.4. The number of amides is 1. The fourth-order valence-electron chi connectivity index (χ4n) is 1.78. The Hall–Kier alpha value is -2.17. The maximum atomic E-state index is 12.0. The van der Waals surface area contributed by atoms with Gasteiger partial charge in [0.2, 0.25) is 0 Å². The molecule has 1 heterocycles. The lowest BCUT2D eigenvalue weighted by Crippen LogP contribution is -2.27. The van der Waals surface area contributed by atoms with Crippen LogP contribution in [0.5, 0.6) is 0 Å². The summed E-state index contributed by atoms with van der Waals surface area (Å²) in [7, 11) is 0. The van der Waals surface area contributed by atoms with Gasteiger partial charge in [-0.05, 0) is 12.5 Å². The van der Waals surface area contributed by atoms with Crippen LogP contribution in [0.25, 0.3) is 10.8 Å². The van der Waals surface area contributed by atoms with E-state index in [9.17, 15) is 9.59 Å². The molecule has 2 rings (SSSR count). The summed E-state index contributed by atoms with van der Waals surface area (Å²) >= 11 is 0. The van der Waals surface area contributed by atoms with Gasteiger partial charge in [-0.15, -0.1) is 0 Å². The zero-order chi connectivity index (χ0) is 12.4. The van der Waals surface area contributed by atoms with Gasteiger partial charge in [-0.1, -0.05) is 25.1 Å². The highest BCUT2D eigenvalue weighted by atomic mass is 16.1. The number of nitrogens with two attached hydrogens (primary N) is 1. The molecule has 88 valence electrons. The molecule has 5 heteroatoms. The van der Waals surface area contributed by atoms with Gasteiger partial charge in [-0.2, -0.15) is 5.10 Å². The van der Waals surface area contributed by atoms with Crippen LogP contribution in [0.4, 0.5) is 0 Å². The summed E-state index contributed by atoms with van der Waals surface area (Å²) in [5.74, 6) is -0.619. The maximum Gasteiger partial charge on any atom is 0.274 e. The third-order valence-electron chi connectivity index (χ3n) is 2.54. The molecule has 0 bridgehead atoms. The minimum Gasteiger partial charge on any atom is -0.364 e. The highest BCUT2D eigenvalue weighted by molar-refractivity contribution is 6.03. The fraction of sp³-hybridized carbons (Fsp3) is 0.250. The fourth-order valence-corrected chi connectivity index (χ4v) is 1.78. The first-order valence-corrected chi connectivity index (χ1v) is 5.44. The van der Waals surface area contributed by atoms with Gasteiger partial charge in [0.15, 0.2) is 5.69 Å². The van der Waals surface area contributed by atoms with Crippen molar-refractivity contribution in [3.63, 3.8) is 0 Å². The van der Waals surface area contributed by atoms with E-state index >= 15 is 0 Å². The molecule has 0 aliphatic heterocycles. The molecule has 2 N–H and O–H groups in total. The number of aromatic nitrogens is 2. The van der Waals surface area contributed by atoms with Crippen molar-refractivity contribution in [1.29, 1.82) is 0 Å². The van der Waals surface area contributed by atoms with E-state index < -0.39 is 5.91 Å². The molecule has 1 aromatic heterocycles. The second-order valence-corrected chi connectivity index (χ2v) is 3.79. The molecule has 0 spiro atoms. The van der Waals surface area contributed by atoms with Crippen LogP contribution in [0, 0.1) is 0 Å². The monoisotopic (exact) mass is 231 g/mol. The lowest BCUT2D eigenvalue weighted by molar-refractivity contribution is 0.0995. The Bertz CT molecular complexity index is 631. The Morgan fingerprint density at radius 3 is 2.59 bits per heavy atom. The zero-order valence-corrected chi connectivity index (χ0v) is 9.51. The largest absolute Gasteiger partial charge is 0.364 e. The first-order chi connectivity index (χ1) is 8.15. The summed E-state index contributed by atoms with van der Waals surface area (Å²) in [5, 5.41) is 5.01. The van der Waals surface area contributed by atoms with E-state index in [-0.39, 0.29) is 11.3 Å². The van der Waals surface area contributed by atoms with E-state index in [1.54, 1.807) is 24.3 Å². The van der Waals surface area contributed by atoms with Crippen LogP contribution in [0.2, 0.25) is 0 Å². The van der Waals surface area contributed by atoms with E-state index in [1.165, 1.54) is 4.68 Å². The number of hydrogen-bond acceptors (Lipinski definition) is 3. The average Bonchev–Trinajstić information content (AvgIpc) is 2.32. The van der Waals surface area contributed by atoms with Gasteiger partial charge in [0.25, 0.3) is 11.5 Å². The van der Waals surface area contributed by atoms with Gasteiger partial charge >= 0.3 is 0 Å². The SMILES string of the molecule is CCCn1nc(C(N)=O)c2ccccc2c1=O. The van der Waals surface area contributed by atoms with Gasteiger partial charge in [-0.3, -0.25) is 9.59 Å². The van der Waals surface area contributed by atoms with E-state index in [0.717, 1.165) is 6.42 Å². The number of primary amides is 1. The number of nitrogens with zero attached hydrogens (tertiary/aromatic N) is 2. The highest BCUT2D eigenvalue weighted by Crippen LogP contribution is 2.12. The lowest BCUT2D eigenvalue weighted by Gasteiger charge is -2.07. The van der Waals surface area contributed by atoms with Crippen molar-refractivity contribution >= 4 is 16.7 Å². The quantitative estimate of drug-likeness (QED) is 0.852. The standard InChI is InChI=1S/C12H13N3O2/c1-2-7-15-12(17)9-6-4-3-5-8(9)10(14-15)11(13)16/h3-6H,2,7H2,1H3,(H2,13,16). The molecular formula is C12H13N3O2. The Balaban J connectivity index is 2.85. The summed E-state index contributed by atoms with van der Waals surface area (Å²) < 4.78 is 1.29. The van der Waals surface area contributed by atoms with Crippen LogP contribution in [0.3, 0.4) is 0 Å². The Morgan fingerprint density at radius 2 is 2.00 bits per heavy atom. The van der Waals surface area contributed by atoms with Crippen LogP contribution in [-0.4, -0.2) is 15.7 Å². The Morgan fingerprint density at radius 1 is 1.35 bits per heavy atom. The van der Waals surface area contributed by atoms with E-state index in [4.69, 9.17) is 5.73 Å². The summed E-state index contributed by atoms with van der Waals surface area (Å²) in [6.45, 7) is 2.41. The number of fused-ring (bicyclic) bond motifs is 1. The molecule has 0 aliphatic rings. The topological polar surface area (TPSA) is 78.0 Å². The van der Waals surface area contributed by atoms with Gasteiger partial charge in [-0.25, -0.2) is 4.68 Å². The minimum absolute atomic E-state index is 0.147. The van der Waals surface area contributed by atoms with Crippen LogP contribution < -0.4 is 11.3 Å². The third-order valence-corrected chi connectivity index (χ3v) is 2.54. The lowest BCUT2D eigenvalue weighted by atomic mass is 10.1. The maximum absolute atomic E-state index is 12.0. The number of carbonyl (C=O) groups excluding carboxylic acids is 1. The number of benzene rings is 1. The summed E-state index contributed by atoms with van der Waals surface area (Å²) in [6.07, 6.45) is 0.767. The van der Waals surface area contributed by atoms with Gasteiger partial charge in [0.05, 0.1) is 5.39 Å². The van der Waals surface area contributed by atoms with E-state index in [2.05, 4.69) is 5.10 Å². The summed E-state index contributed by atoms with van der Waals surface area (Å²) in [6, 6.07) is 6.86. The molecule has 0 saturated carbocycles. The first-order valence-electron chi connectivity index (χ1n) is 5.44. The smallest absolute Gasteiger partial charge is 0.274 e. The average molecular weight is 231 g/mol. The number of hydrogen-bond donors (Lipinski definition) is 1. The minimum atomic E-state index is -0.619. The molecular weight excluding hydrogens is 218 g/mol. The van der Waals surface area contributed by atoms with Crippen molar-refractivity contribution in [3.8, 4) is 0 Å². The van der Waals surface area contributed by atoms with Crippen LogP contribution in [-0.2, 0) is 6.54 Å². The molecule has 1 amide bonds. The van der Waals surface area contributed by atoms with Crippen LogP contribution in [0.15, 0.2) is 29.1 Å². The molecule has 5 nitrogen and oxygen atoms in total. The number of aryl methyl sites for hydroxylation is 1. The summed E-state index contributed by atoms with van der Waals surface area (Å²) in [5.41, 5.74) is 5.24. The molecule has 0 radical (unpaired) electrons. The van der Waals surface area contributed by atoms with Gasteiger partial charge in [0, 0.05) is 11.9 Å². The third kappa shape index (κ3) is 1.91. The molecule has 17 heavy (non-hydrogen) atoms. The van der Waals surface area contributed by atoms with Crippen LogP contribution >= 0.6 is 0 Å². The molecule has 0 fully saturated rings. The second kappa shape index (κ2) is 4.37.